The maximum absolute atomic E-state index is 5.68. The van der Waals surface area contributed by atoms with E-state index in [0.717, 1.165) is 25.7 Å². The summed E-state index contributed by atoms with van der Waals surface area (Å²) in [5, 5.41) is 0. The first-order valence-electron chi connectivity index (χ1n) is 6.26. The van der Waals surface area contributed by atoms with Crippen LogP contribution in [-0.2, 0) is 4.74 Å². The van der Waals surface area contributed by atoms with Crippen LogP contribution in [0.1, 0.15) is 38.5 Å². The molecular formula is C12H23NOS. The van der Waals surface area contributed by atoms with Crippen molar-refractivity contribution in [2.75, 3.05) is 25.5 Å². The summed E-state index contributed by atoms with van der Waals surface area (Å²) in [5.41, 5.74) is 5.68. The molecule has 2 N–H and O–H groups in total. The third-order valence-corrected chi connectivity index (χ3v) is 5.42. The maximum Gasteiger partial charge on any atom is 0.0479 e. The molecule has 3 heteroatoms. The number of ether oxygens (including phenoxy) is 1. The second kappa shape index (κ2) is 5.55. The van der Waals surface area contributed by atoms with Crippen LogP contribution in [-0.4, -0.2) is 30.3 Å². The normalized spacial score (nSPS) is 37.8. The van der Waals surface area contributed by atoms with Gasteiger partial charge in [0.1, 0.15) is 0 Å². The Kier molecular flexibility index (Phi) is 4.35. The number of rotatable bonds is 2. The quantitative estimate of drug-likeness (QED) is 0.790. The van der Waals surface area contributed by atoms with Crippen LogP contribution in [0.25, 0.3) is 0 Å². The van der Waals surface area contributed by atoms with Gasteiger partial charge in [-0.05, 0) is 56.7 Å². The fraction of sp³-hybridized carbons (Fsp3) is 1.00. The van der Waals surface area contributed by atoms with Crippen molar-refractivity contribution in [1.82, 2.24) is 0 Å². The predicted molar refractivity (Wildman–Crippen MR) is 66.3 cm³/mol. The molecule has 2 unspecified atom stereocenters. The summed E-state index contributed by atoms with van der Waals surface area (Å²) in [6, 6.07) is 0. The van der Waals surface area contributed by atoms with Crippen molar-refractivity contribution in [3.63, 3.8) is 0 Å². The number of thioether (sulfide) groups is 1. The van der Waals surface area contributed by atoms with Gasteiger partial charge in [-0.3, -0.25) is 0 Å². The minimum absolute atomic E-state index is 0.550. The lowest BCUT2D eigenvalue weighted by Crippen LogP contribution is -2.33. The van der Waals surface area contributed by atoms with Crippen LogP contribution in [0.2, 0.25) is 0 Å². The second-order valence-electron chi connectivity index (χ2n) is 4.93. The molecule has 0 radical (unpaired) electrons. The average molecular weight is 229 g/mol. The van der Waals surface area contributed by atoms with Gasteiger partial charge in [-0.25, -0.2) is 0 Å². The van der Waals surface area contributed by atoms with E-state index in [9.17, 15) is 0 Å². The highest BCUT2D eigenvalue weighted by atomic mass is 32.2. The zero-order valence-corrected chi connectivity index (χ0v) is 10.4. The fourth-order valence-electron chi connectivity index (χ4n) is 2.94. The summed E-state index contributed by atoms with van der Waals surface area (Å²) in [6.45, 7) is 2.81. The smallest absolute Gasteiger partial charge is 0.0479 e. The van der Waals surface area contributed by atoms with Crippen LogP contribution in [0.3, 0.4) is 0 Å². The number of nitrogens with two attached hydrogens (primary N) is 1. The third-order valence-electron chi connectivity index (χ3n) is 3.79. The highest BCUT2D eigenvalue weighted by Crippen LogP contribution is 2.46. The molecule has 0 aliphatic carbocycles. The van der Waals surface area contributed by atoms with E-state index < -0.39 is 0 Å². The highest BCUT2D eigenvalue weighted by Gasteiger charge is 2.36. The molecule has 2 nitrogen and oxygen atoms in total. The van der Waals surface area contributed by atoms with Gasteiger partial charge in [-0.1, -0.05) is 0 Å². The van der Waals surface area contributed by atoms with Crippen molar-refractivity contribution in [3.8, 4) is 0 Å². The molecule has 0 bridgehead atoms. The van der Waals surface area contributed by atoms with E-state index in [-0.39, 0.29) is 0 Å². The first-order chi connectivity index (χ1) is 7.35. The monoisotopic (exact) mass is 229 g/mol. The lowest BCUT2D eigenvalue weighted by molar-refractivity contribution is 0.141. The van der Waals surface area contributed by atoms with Crippen molar-refractivity contribution >= 4 is 11.8 Å². The van der Waals surface area contributed by atoms with Crippen molar-refractivity contribution in [3.05, 3.63) is 0 Å². The lowest BCUT2D eigenvalue weighted by Gasteiger charge is -2.39. The molecule has 2 aliphatic rings. The molecule has 2 saturated heterocycles. The molecule has 2 rings (SSSR count). The third kappa shape index (κ3) is 3.11. The highest BCUT2D eigenvalue weighted by molar-refractivity contribution is 8.00. The first kappa shape index (κ1) is 11.7. The summed E-state index contributed by atoms with van der Waals surface area (Å²) < 4.78 is 6.13. The Balaban J connectivity index is 1.93. The Morgan fingerprint density at radius 2 is 2.27 bits per heavy atom. The van der Waals surface area contributed by atoms with Gasteiger partial charge in [0.15, 0.2) is 0 Å². The standard InChI is InChI=1S/C12H23NOS/c13-6-2-11-3-9-15-12(10-11)4-1-7-14-8-5-12/h11H,1-10,13H2. The second-order valence-corrected chi connectivity index (χ2v) is 6.50. The summed E-state index contributed by atoms with van der Waals surface area (Å²) in [6.07, 6.45) is 7.87. The van der Waals surface area contributed by atoms with Crippen LogP contribution in [0.15, 0.2) is 0 Å². The van der Waals surface area contributed by atoms with Crippen molar-refractivity contribution < 1.29 is 4.74 Å². The zero-order valence-electron chi connectivity index (χ0n) is 9.54. The van der Waals surface area contributed by atoms with Gasteiger partial charge in [0.05, 0.1) is 0 Å². The molecule has 0 aromatic heterocycles. The van der Waals surface area contributed by atoms with Crippen LogP contribution >= 0.6 is 11.8 Å². The van der Waals surface area contributed by atoms with Crippen molar-refractivity contribution in [2.24, 2.45) is 11.7 Å². The summed E-state index contributed by atoms with van der Waals surface area (Å²) >= 11 is 2.21. The molecule has 0 saturated carbocycles. The van der Waals surface area contributed by atoms with E-state index in [1.165, 1.54) is 44.3 Å². The van der Waals surface area contributed by atoms with Crippen molar-refractivity contribution in [1.29, 1.82) is 0 Å². The summed E-state index contributed by atoms with van der Waals surface area (Å²) in [7, 11) is 0. The molecule has 0 amide bonds. The summed E-state index contributed by atoms with van der Waals surface area (Å²) in [5.74, 6) is 2.22. The molecule has 2 fully saturated rings. The van der Waals surface area contributed by atoms with Gasteiger partial charge >= 0.3 is 0 Å². The zero-order chi connectivity index (χ0) is 10.6. The molecule has 0 aromatic carbocycles. The molecule has 2 atom stereocenters. The van der Waals surface area contributed by atoms with Crippen molar-refractivity contribution in [2.45, 2.75) is 43.3 Å². The Labute approximate surface area is 97.3 Å². The van der Waals surface area contributed by atoms with E-state index in [1.54, 1.807) is 0 Å². The largest absolute Gasteiger partial charge is 0.381 e. The van der Waals surface area contributed by atoms with E-state index in [4.69, 9.17) is 10.5 Å². The van der Waals surface area contributed by atoms with Gasteiger partial charge in [0.25, 0.3) is 0 Å². The van der Waals surface area contributed by atoms with Crippen LogP contribution in [0, 0.1) is 5.92 Å². The lowest BCUT2D eigenvalue weighted by atomic mass is 9.84. The van der Waals surface area contributed by atoms with E-state index in [0.29, 0.717) is 4.75 Å². The molecule has 2 heterocycles. The molecule has 15 heavy (non-hydrogen) atoms. The van der Waals surface area contributed by atoms with E-state index in [1.807, 2.05) is 0 Å². The molecular weight excluding hydrogens is 206 g/mol. The van der Waals surface area contributed by atoms with Crippen LogP contribution in [0.5, 0.6) is 0 Å². The topological polar surface area (TPSA) is 35.2 Å². The van der Waals surface area contributed by atoms with E-state index >= 15 is 0 Å². The maximum atomic E-state index is 5.68. The van der Waals surface area contributed by atoms with Gasteiger partial charge in [0, 0.05) is 18.0 Å². The number of hydrogen-bond donors (Lipinski definition) is 1. The Morgan fingerprint density at radius 1 is 1.33 bits per heavy atom. The van der Waals surface area contributed by atoms with Gasteiger partial charge in [0.2, 0.25) is 0 Å². The Bertz CT molecular complexity index is 188. The molecule has 2 aliphatic heterocycles. The van der Waals surface area contributed by atoms with Gasteiger partial charge < -0.3 is 10.5 Å². The minimum atomic E-state index is 0.550. The van der Waals surface area contributed by atoms with Crippen LogP contribution < -0.4 is 5.73 Å². The average Bonchev–Trinajstić information content (AvgIpc) is 2.45. The molecule has 1 spiro atoms. The summed E-state index contributed by atoms with van der Waals surface area (Å²) in [4.78, 5) is 0. The van der Waals surface area contributed by atoms with Gasteiger partial charge in [-0.15, -0.1) is 0 Å². The SMILES string of the molecule is NCCC1CCSC2(CCCOCC2)C1. The Morgan fingerprint density at radius 3 is 3.13 bits per heavy atom. The molecule has 0 aromatic rings. The van der Waals surface area contributed by atoms with E-state index in [2.05, 4.69) is 11.8 Å². The number of hydrogen-bond acceptors (Lipinski definition) is 3. The fourth-order valence-corrected chi connectivity index (χ4v) is 4.70. The molecule has 88 valence electrons. The van der Waals surface area contributed by atoms with Crippen LogP contribution in [0.4, 0.5) is 0 Å². The van der Waals surface area contributed by atoms with Gasteiger partial charge in [-0.2, -0.15) is 11.8 Å². The first-order valence-corrected chi connectivity index (χ1v) is 7.25. The minimum Gasteiger partial charge on any atom is -0.381 e. The predicted octanol–water partition coefficient (Wildman–Crippen LogP) is 2.42. The Hall–Kier alpha value is 0.270.